The second kappa shape index (κ2) is 6.81. The minimum absolute atomic E-state index is 0.365. The van der Waals surface area contributed by atoms with Crippen LogP contribution in [0.3, 0.4) is 0 Å². The summed E-state index contributed by atoms with van der Waals surface area (Å²) in [6, 6.07) is 0.365. The number of nitrogens with zero attached hydrogens (tertiary/aromatic N) is 3. The Morgan fingerprint density at radius 2 is 1.50 bits per heavy atom. The van der Waals surface area contributed by atoms with Gasteiger partial charge in [-0.25, -0.2) is 0 Å². The Balaban J connectivity index is 2.80. The molecule has 0 fully saturated rings. The standard InChI is InChI=1S/C10H19N5O/c1-4-7-16-10-14-8(11-5-2)13-9(15-10)12-6-3/h4-7H2,1-3H3,(H2,11,12,13,14,15). The molecular formula is C10H19N5O. The van der Waals surface area contributed by atoms with Crippen molar-refractivity contribution >= 4 is 11.9 Å². The van der Waals surface area contributed by atoms with Crippen LogP contribution in [0, 0.1) is 0 Å². The van der Waals surface area contributed by atoms with E-state index in [9.17, 15) is 0 Å². The van der Waals surface area contributed by atoms with Crippen molar-refractivity contribution in [3.8, 4) is 6.01 Å². The first-order valence-electron chi connectivity index (χ1n) is 5.66. The second-order valence-corrected chi connectivity index (χ2v) is 3.17. The van der Waals surface area contributed by atoms with Crippen molar-refractivity contribution in [3.05, 3.63) is 0 Å². The van der Waals surface area contributed by atoms with Crippen LogP contribution in [0.25, 0.3) is 0 Å². The van der Waals surface area contributed by atoms with E-state index in [1.165, 1.54) is 0 Å². The molecule has 0 bridgehead atoms. The number of hydrogen-bond acceptors (Lipinski definition) is 6. The third kappa shape index (κ3) is 3.88. The molecule has 0 saturated heterocycles. The third-order valence-electron chi connectivity index (χ3n) is 1.72. The van der Waals surface area contributed by atoms with Gasteiger partial charge in [0.05, 0.1) is 6.61 Å². The molecule has 1 rings (SSSR count). The van der Waals surface area contributed by atoms with Crippen LogP contribution in [-0.4, -0.2) is 34.6 Å². The van der Waals surface area contributed by atoms with Crippen LogP contribution >= 0.6 is 0 Å². The molecule has 6 heteroatoms. The summed E-state index contributed by atoms with van der Waals surface area (Å²) in [6.45, 7) is 8.16. The van der Waals surface area contributed by atoms with E-state index in [4.69, 9.17) is 4.74 Å². The van der Waals surface area contributed by atoms with Gasteiger partial charge in [0.15, 0.2) is 0 Å². The summed E-state index contributed by atoms with van der Waals surface area (Å²) in [5.74, 6) is 1.08. The predicted octanol–water partition coefficient (Wildman–Crippen LogP) is 1.52. The molecule has 16 heavy (non-hydrogen) atoms. The SMILES string of the molecule is CCCOc1nc(NCC)nc(NCC)n1. The monoisotopic (exact) mass is 225 g/mol. The zero-order valence-electron chi connectivity index (χ0n) is 10.1. The summed E-state index contributed by atoms with van der Waals surface area (Å²) in [5.41, 5.74) is 0. The van der Waals surface area contributed by atoms with E-state index in [0.717, 1.165) is 19.5 Å². The number of anilines is 2. The number of hydrogen-bond donors (Lipinski definition) is 2. The Morgan fingerprint density at radius 1 is 0.938 bits per heavy atom. The Bertz CT molecular complexity index is 294. The van der Waals surface area contributed by atoms with Crippen molar-refractivity contribution in [2.75, 3.05) is 30.3 Å². The summed E-state index contributed by atoms with van der Waals surface area (Å²) >= 11 is 0. The van der Waals surface area contributed by atoms with Gasteiger partial charge in [-0.05, 0) is 20.3 Å². The molecule has 1 heterocycles. The van der Waals surface area contributed by atoms with Gasteiger partial charge in [0, 0.05) is 13.1 Å². The van der Waals surface area contributed by atoms with Crippen LogP contribution in [-0.2, 0) is 0 Å². The molecule has 2 N–H and O–H groups in total. The number of rotatable bonds is 7. The topological polar surface area (TPSA) is 72.0 Å². The highest BCUT2D eigenvalue weighted by molar-refractivity contribution is 5.35. The van der Waals surface area contributed by atoms with Gasteiger partial charge >= 0.3 is 6.01 Å². The minimum Gasteiger partial charge on any atom is -0.463 e. The highest BCUT2D eigenvalue weighted by Gasteiger charge is 2.05. The molecule has 0 atom stereocenters. The average Bonchev–Trinajstić information content (AvgIpc) is 2.27. The third-order valence-corrected chi connectivity index (χ3v) is 1.72. The molecule has 0 aliphatic rings. The van der Waals surface area contributed by atoms with Crippen molar-refractivity contribution in [2.24, 2.45) is 0 Å². The van der Waals surface area contributed by atoms with Crippen molar-refractivity contribution < 1.29 is 4.74 Å². The molecule has 0 saturated carbocycles. The maximum Gasteiger partial charge on any atom is 0.323 e. The Labute approximate surface area is 95.9 Å². The maximum atomic E-state index is 5.39. The van der Waals surface area contributed by atoms with E-state index >= 15 is 0 Å². The fraction of sp³-hybridized carbons (Fsp3) is 0.700. The zero-order valence-corrected chi connectivity index (χ0v) is 10.1. The summed E-state index contributed by atoms with van der Waals surface area (Å²) < 4.78 is 5.39. The molecule has 90 valence electrons. The number of nitrogens with one attached hydrogen (secondary N) is 2. The van der Waals surface area contributed by atoms with Gasteiger partial charge in [0.1, 0.15) is 0 Å². The molecule has 0 unspecified atom stereocenters. The molecule has 6 nitrogen and oxygen atoms in total. The largest absolute Gasteiger partial charge is 0.463 e. The Hall–Kier alpha value is -1.59. The highest BCUT2D eigenvalue weighted by Crippen LogP contribution is 2.10. The van der Waals surface area contributed by atoms with Crippen LogP contribution in [0.15, 0.2) is 0 Å². The molecule has 0 spiro atoms. The van der Waals surface area contributed by atoms with Gasteiger partial charge in [-0.1, -0.05) is 6.92 Å². The van der Waals surface area contributed by atoms with Crippen LogP contribution in [0.1, 0.15) is 27.2 Å². The second-order valence-electron chi connectivity index (χ2n) is 3.17. The van der Waals surface area contributed by atoms with E-state index in [2.05, 4.69) is 25.6 Å². The van der Waals surface area contributed by atoms with Crippen LogP contribution < -0.4 is 15.4 Å². The smallest absolute Gasteiger partial charge is 0.323 e. The predicted molar refractivity (Wildman–Crippen MR) is 63.9 cm³/mol. The quantitative estimate of drug-likeness (QED) is 0.733. The van der Waals surface area contributed by atoms with Crippen molar-refractivity contribution in [2.45, 2.75) is 27.2 Å². The van der Waals surface area contributed by atoms with E-state index in [-0.39, 0.29) is 0 Å². The lowest BCUT2D eigenvalue weighted by molar-refractivity contribution is 0.292. The number of aromatic nitrogens is 3. The summed E-state index contributed by atoms with van der Waals surface area (Å²) in [5, 5.41) is 6.08. The van der Waals surface area contributed by atoms with Crippen molar-refractivity contribution in [3.63, 3.8) is 0 Å². The first kappa shape index (κ1) is 12.5. The van der Waals surface area contributed by atoms with Gasteiger partial charge < -0.3 is 15.4 Å². The Morgan fingerprint density at radius 3 is 1.94 bits per heavy atom. The van der Waals surface area contributed by atoms with Gasteiger partial charge in [0.25, 0.3) is 0 Å². The number of ether oxygens (including phenoxy) is 1. The minimum atomic E-state index is 0.365. The first-order valence-corrected chi connectivity index (χ1v) is 5.66. The molecule has 1 aromatic heterocycles. The van der Waals surface area contributed by atoms with Gasteiger partial charge in [-0.15, -0.1) is 0 Å². The summed E-state index contributed by atoms with van der Waals surface area (Å²) in [7, 11) is 0. The Kier molecular flexibility index (Phi) is 5.31. The van der Waals surface area contributed by atoms with Crippen LogP contribution in [0.4, 0.5) is 11.9 Å². The normalized spacial score (nSPS) is 9.94. The maximum absolute atomic E-state index is 5.39. The van der Waals surface area contributed by atoms with Gasteiger partial charge in [0.2, 0.25) is 11.9 Å². The van der Waals surface area contributed by atoms with Gasteiger partial charge in [-0.2, -0.15) is 15.0 Å². The fourth-order valence-corrected chi connectivity index (χ4v) is 1.09. The lowest BCUT2D eigenvalue weighted by Gasteiger charge is -2.08. The van der Waals surface area contributed by atoms with Crippen LogP contribution in [0.2, 0.25) is 0 Å². The van der Waals surface area contributed by atoms with Crippen molar-refractivity contribution in [1.82, 2.24) is 15.0 Å². The van der Waals surface area contributed by atoms with E-state index in [0.29, 0.717) is 24.5 Å². The molecule has 0 radical (unpaired) electrons. The molecule has 0 amide bonds. The molecule has 0 aliphatic heterocycles. The van der Waals surface area contributed by atoms with Crippen molar-refractivity contribution in [1.29, 1.82) is 0 Å². The summed E-state index contributed by atoms with van der Waals surface area (Å²) in [6.07, 6.45) is 0.929. The average molecular weight is 225 g/mol. The lowest BCUT2D eigenvalue weighted by atomic mass is 10.5. The highest BCUT2D eigenvalue weighted by atomic mass is 16.5. The van der Waals surface area contributed by atoms with E-state index < -0.39 is 0 Å². The molecule has 1 aromatic rings. The molecule has 0 aromatic carbocycles. The molecule has 0 aliphatic carbocycles. The van der Waals surface area contributed by atoms with Gasteiger partial charge in [-0.3, -0.25) is 0 Å². The lowest BCUT2D eigenvalue weighted by Crippen LogP contribution is -2.10. The van der Waals surface area contributed by atoms with E-state index in [1.807, 2.05) is 20.8 Å². The van der Waals surface area contributed by atoms with Crippen LogP contribution in [0.5, 0.6) is 6.01 Å². The zero-order chi connectivity index (χ0) is 11.8. The first-order chi connectivity index (χ1) is 7.80. The molecular weight excluding hydrogens is 206 g/mol. The van der Waals surface area contributed by atoms with E-state index in [1.54, 1.807) is 0 Å². The fourth-order valence-electron chi connectivity index (χ4n) is 1.09. The summed E-state index contributed by atoms with van der Waals surface area (Å²) in [4.78, 5) is 12.5.